The number of piperidine rings is 1. The van der Waals surface area contributed by atoms with E-state index >= 15 is 0 Å². The van der Waals surface area contributed by atoms with E-state index in [0.717, 1.165) is 55.3 Å². The molecule has 0 saturated carbocycles. The molecule has 2 aliphatic heterocycles. The van der Waals surface area contributed by atoms with Gasteiger partial charge in [-0.2, -0.15) is 0 Å². The molecule has 0 spiro atoms. The first-order valence-electron chi connectivity index (χ1n) is 9.47. The van der Waals surface area contributed by atoms with Crippen molar-refractivity contribution in [3.8, 4) is 5.75 Å². The number of benzene rings is 1. The quantitative estimate of drug-likeness (QED) is 0.858. The Morgan fingerprint density at radius 2 is 2.15 bits per heavy atom. The first-order valence-corrected chi connectivity index (χ1v) is 9.47. The zero-order chi connectivity index (χ0) is 17.8. The highest BCUT2D eigenvalue weighted by atomic mass is 16.5. The van der Waals surface area contributed by atoms with Gasteiger partial charge in [0.2, 0.25) is 0 Å². The van der Waals surface area contributed by atoms with Crippen molar-refractivity contribution >= 4 is 5.82 Å². The Labute approximate surface area is 154 Å². The molecule has 6 heteroatoms. The number of aromatic nitrogens is 2. The number of ether oxygens (including phenoxy) is 1. The van der Waals surface area contributed by atoms with Crippen LogP contribution in [0.25, 0.3) is 0 Å². The maximum atomic E-state index is 9.56. The summed E-state index contributed by atoms with van der Waals surface area (Å²) in [5, 5.41) is 13.1. The number of aliphatic hydroxyl groups excluding tert-OH is 1. The normalized spacial score (nSPS) is 19.8. The first kappa shape index (κ1) is 17.2. The maximum Gasteiger partial charge on any atom is 0.133 e. The molecule has 1 unspecified atom stereocenters. The lowest BCUT2D eigenvalue weighted by Gasteiger charge is -2.34. The molecule has 3 heterocycles. The molecule has 0 aliphatic carbocycles. The van der Waals surface area contributed by atoms with Crippen molar-refractivity contribution in [2.75, 3.05) is 31.6 Å². The molecule has 0 radical (unpaired) electrons. The first-order chi connectivity index (χ1) is 12.8. The van der Waals surface area contributed by atoms with Gasteiger partial charge in [0.1, 0.15) is 24.5 Å². The summed E-state index contributed by atoms with van der Waals surface area (Å²) in [7, 11) is 0. The van der Waals surface area contributed by atoms with Crippen LogP contribution in [0.5, 0.6) is 5.75 Å². The number of aliphatic hydroxyl groups is 1. The molecule has 2 aliphatic rings. The molecule has 26 heavy (non-hydrogen) atoms. The molecule has 6 nitrogen and oxygen atoms in total. The largest absolute Gasteiger partial charge is 0.487 e. The van der Waals surface area contributed by atoms with Gasteiger partial charge in [-0.25, -0.2) is 9.97 Å². The molecule has 1 saturated heterocycles. The van der Waals surface area contributed by atoms with Crippen molar-refractivity contribution < 1.29 is 9.84 Å². The van der Waals surface area contributed by atoms with E-state index in [2.05, 4.69) is 26.3 Å². The van der Waals surface area contributed by atoms with Gasteiger partial charge in [0.15, 0.2) is 0 Å². The predicted octanol–water partition coefficient (Wildman–Crippen LogP) is 2.22. The van der Waals surface area contributed by atoms with E-state index in [0.29, 0.717) is 12.6 Å². The summed E-state index contributed by atoms with van der Waals surface area (Å²) < 4.78 is 5.90. The Morgan fingerprint density at radius 1 is 1.23 bits per heavy atom. The predicted molar refractivity (Wildman–Crippen MR) is 100 cm³/mol. The number of nitrogens with one attached hydrogen (secondary N) is 1. The van der Waals surface area contributed by atoms with Crippen LogP contribution >= 0.6 is 0 Å². The lowest BCUT2D eigenvalue weighted by Crippen LogP contribution is -2.44. The van der Waals surface area contributed by atoms with Crippen molar-refractivity contribution in [1.29, 1.82) is 0 Å². The summed E-state index contributed by atoms with van der Waals surface area (Å²) in [6.45, 7) is 3.51. The lowest BCUT2D eigenvalue weighted by atomic mass is 10.0. The minimum Gasteiger partial charge on any atom is -0.487 e. The van der Waals surface area contributed by atoms with Crippen LogP contribution in [0.3, 0.4) is 0 Å². The number of rotatable bonds is 5. The topological polar surface area (TPSA) is 70.5 Å². The SMILES string of the molecule is OCC1CCCCN1CCNc1ncnc2c1Cc1ccccc1OC2. The van der Waals surface area contributed by atoms with Gasteiger partial charge in [0, 0.05) is 31.1 Å². The Balaban J connectivity index is 1.45. The van der Waals surface area contributed by atoms with Gasteiger partial charge >= 0.3 is 0 Å². The van der Waals surface area contributed by atoms with Gasteiger partial charge in [-0.1, -0.05) is 24.6 Å². The van der Waals surface area contributed by atoms with Crippen molar-refractivity contribution in [3.05, 3.63) is 47.4 Å². The van der Waals surface area contributed by atoms with Crippen LogP contribution in [-0.2, 0) is 13.0 Å². The smallest absolute Gasteiger partial charge is 0.133 e. The number of anilines is 1. The fourth-order valence-electron chi connectivity index (χ4n) is 3.92. The lowest BCUT2D eigenvalue weighted by molar-refractivity contribution is 0.0940. The minimum atomic E-state index is 0.247. The maximum absolute atomic E-state index is 9.56. The summed E-state index contributed by atoms with van der Waals surface area (Å²) in [5.74, 6) is 1.82. The van der Waals surface area contributed by atoms with E-state index in [1.165, 1.54) is 18.4 Å². The van der Waals surface area contributed by atoms with Gasteiger partial charge < -0.3 is 15.2 Å². The molecule has 4 rings (SSSR count). The molecule has 1 aromatic carbocycles. The summed E-state index contributed by atoms with van der Waals surface area (Å²) in [5.41, 5.74) is 3.24. The fraction of sp³-hybridized carbons (Fsp3) is 0.500. The number of nitrogens with zero attached hydrogens (tertiary/aromatic N) is 3. The second-order valence-corrected chi connectivity index (χ2v) is 7.02. The van der Waals surface area contributed by atoms with Crippen LogP contribution < -0.4 is 10.1 Å². The van der Waals surface area contributed by atoms with Crippen LogP contribution in [0.1, 0.15) is 36.1 Å². The summed E-state index contributed by atoms with van der Waals surface area (Å²) >= 11 is 0. The second kappa shape index (κ2) is 8.01. The zero-order valence-electron chi connectivity index (χ0n) is 15.0. The monoisotopic (exact) mass is 354 g/mol. The molecule has 0 amide bonds. The van der Waals surface area contributed by atoms with Crippen LogP contribution in [0.15, 0.2) is 30.6 Å². The van der Waals surface area contributed by atoms with E-state index in [1.807, 2.05) is 18.2 Å². The highest BCUT2D eigenvalue weighted by Crippen LogP contribution is 2.30. The molecular formula is C20H26N4O2. The zero-order valence-corrected chi connectivity index (χ0v) is 15.0. The Kier molecular flexibility index (Phi) is 5.32. The van der Waals surface area contributed by atoms with E-state index in [9.17, 15) is 5.11 Å². The number of fused-ring (bicyclic) bond motifs is 2. The average Bonchev–Trinajstić information content (AvgIpc) is 2.88. The summed E-state index contributed by atoms with van der Waals surface area (Å²) in [6, 6.07) is 8.44. The second-order valence-electron chi connectivity index (χ2n) is 7.02. The van der Waals surface area contributed by atoms with Crippen molar-refractivity contribution in [2.45, 2.75) is 38.3 Å². The van der Waals surface area contributed by atoms with Gasteiger partial charge in [-0.15, -0.1) is 0 Å². The third-order valence-corrected chi connectivity index (χ3v) is 5.39. The molecule has 2 N–H and O–H groups in total. The highest BCUT2D eigenvalue weighted by molar-refractivity contribution is 5.51. The van der Waals surface area contributed by atoms with Gasteiger partial charge in [-0.05, 0) is 31.0 Å². The average molecular weight is 354 g/mol. The van der Waals surface area contributed by atoms with E-state index in [-0.39, 0.29) is 6.61 Å². The summed E-state index contributed by atoms with van der Waals surface area (Å²) in [6.07, 6.45) is 5.91. The van der Waals surface area contributed by atoms with Crippen LogP contribution in [0.2, 0.25) is 0 Å². The van der Waals surface area contributed by atoms with Crippen molar-refractivity contribution in [2.24, 2.45) is 0 Å². The van der Waals surface area contributed by atoms with Crippen LogP contribution in [0, 0.1) is 0 Å². The Bertz CT molecular complexity index is 752. The number of para-hydroxylation sites is 1. The van der Waals surface area contributed by atoms with Crippen LogP contribution in [0.4, 0.5) is 5.82 Å². The van der Waals surface area contributed by atoms with Gasteiger partial charge in [0.25, 0.3) is 0 Å². The summed E-state index contributed by atoms with van der Waals surface area (Å²) in [4.78, 5) is 11.3. The highest BCUT2D eigenvalue weighted by Gasteiger charge is 2.22. The van der Waals surface area contributed by atoms with Crippen molar-refractivity contribution in [1.82, 2.24) is 14.9 Å². The van der Waals surface area contributed by atoms with E-state index in [1.54, 1.807) is 6.33 Å². The Morgan fingerprint density at radius 3 is 3.08 bits per heavy atom. The minimum absolute atomic E-state index is 0.247. The fourth-order valence-corrected chi connectivity index (χ4v) is 3.92. The Hall–Kier alpha value is -2.18. The van der Waals surface area contributed by atoms with E-state index < -0.39 is 0 Å². The van der Waals surface area contributed by atoms with Gasteiger partial charge in [-0.3, -0.25) is 4.90 Å². The van der Waals surface area contributed by atoms with E-state index in [4.69, 9.17) is 4.74 Å². The number of hydrogen-bond donors (Lipinski definition) is 2. The molecule has 1 fully saturated rings. The molecule has 0 bridgehead atoms. The molecule has 138 valence electrons. The molecule has 1 atom stereocenters. The van der Waals surface area contributed by atoms with Crippen LogP contribution in [-0.4, -0.2) is 52.3 Å². The number of likely N-dealkylation sites (tertiary alicyclic amines) is 1. The molecule has 1 aromatic heterocycles. The van der Waals surface area contributed by atoms with Gasteiger partial charge in [0.05, 0.1) is 12.3 Å². The molecular weight excluding hydrogens is 328 g/mol. The number of hydrogen-bond acceptors (Lipinski definition) is 6. The van der Waals surface area contributed by atoms with Crippen molar-refractivity contribution in [3.63, 3.8) is 0 Å². The standard InChI is InChI=1S/C20H26N4O2/c25-12-16-6-3-4-9-24(16)10-8-21-20-17-11-15-5-1-2-7-19(15)26-13-18(17)22-14-23-20/h1-2,5,7,14,16,25H,3-4,6,8-13H2,(H,21,22,23). The molecule has 2 aromatic rings. The third kappa shape index (κ3) is 3.66. The third-order valence-electron chi connectivity index (χ3n) is 5.39.